The summed E-state index contributed by atoms with van der Waals surface area (Å²) in [5.41, 5.74) is 6.11. The van der Waals surface area contributed by atoms with Gasteiger partial charge in [0.15, 0.2) is 0 Å². The van der Waals surface area contributed by atoms with Gasteiger partial charge in [0.05, 0.1) is 0 Å². The lowest BCUT2D eigenvalue weighted by molar-refractivity contribution is -0.142. The molecule has 4 aromatic rings. The van der Waals surface area contributed by atoms with Crippen molar-refractivity contribution in [2.75, 3.05) is 6.61 Å². The van der Waals surface area contributed by atoms with Crippen molar-refractivity contribution in [1.29, 1.82) is 0 Å². The average Bonchev–Trinajstić information content (AvgIpc) is 3.52. The number of hydrogen-bond donors (Lipinski definition) is 4. The van der Waals surface area contributed by atoms with Crippen molar-refractivity contribution in [3.63, 3.8) is 0 Å². The number of rotatable bonds is 10. The Labute approximate surface area is 232 Å². The summed E-state index contributed by atoms with van der Waals surface area (Å²) in [6.07, 6.45) is 1.74. The number of hydrogen-bond acceptors (Lipinski definition) is 4. The number of fused-ring (bicyclic) bond motifs is 4. The fraction of sp³-hybridized carbons (Fsp3) is 0.281. The highest BCUT2D eigenvalue weighted by Gasteiger charge is 2.32. The third-order valence-corrected chi connectivity index (χ3v) is 7.83. The van der Waals surface area contributed by atoms with E-state index in [1.807, 2.05) is 74.5 Å². The zero-order valence-electron chi connectivity index (χ0n) is 22.5. The number of benzene rings is 3. The molecule has 0 fully saturated rings. The predicted octanol–water partition coefficient (Wildman–Crippen LogP) is 5.23. The van der Waals surface area contributed by atoms with Gasteiger partial charge in [0.25, 0.3) is 0 Å². The molecule has 3 atom stereocenters. The number of para-hydroxylation sites is 1. The van der Waals surface area contributed by atoms with E-state index in [-0.39, 0.29) is 24.9 Å². The third kappa shape index (κ3) is 5.43. The van der Waals surface area contributed by atoms with Crippen molar-refractivity contribution >= 4 is 28.9 Å². The third-order valence-electron chi connectivity index (χ3n) is 7.83. The Morgan fingerprint density at radius 2 is 1.55 bits per heavy atom. The molecular formula is C32H33N3O5. The Bertz CT molecular complexity index is 1500. The van der Waals surface area contributed by atoms with Gasteiger partial charge in [0, 0.05) is 29.4 Å². The minimum absolute atomic E-state index is 0.100. The quantitative estimate of drug-likeness (QED) is 0.220. The number of carboxylic acids is 1. The van der Waals surface area contributed by atoms with Gasteiger partial charge in [-0.15, -0.1) is 0 Å². The van der Waals surface area contributed by atoms with Gasteiger partial charge in [-0.1, -0.05) is 87.0 Å². The molecule has 1 aliphatic carbocycles. The standard InChI is InChI=1S/C32H33N3O5/c1-3-19(2)29(30(36)34-28(31(37)38)16-20-17-33-27-15-9-8-10-21(20)27)35-32(39)40-18-26-24-13-6-4-11-22(24)23-12-5-7-14-25(23)26/h4-15,17,19,26,28-29,33H,3,16,18H2,1-2H3,(H,34,36)(H,35,39)(H,37,38)/t19-,28-,29-/m0/s1. The number of H-pyrrole nitrogens is 1. The highest BCUT2D eigenvalue weighted by atomic mass is 16.5. The molecule has 1 heterocycles. The minimum atomic E-state index is -1.16. The molecule has 1 aromatic heterocycles. The molecule has 0 radical (unpaired) electrons. The fourth-order valence-corrected chi connectivity index (χ4v) is 5.45. The van der Waals surface area contributed by atoms with E-state index < -0.39 is 30.1 Å². The molecule has 8 nitrogen and oxygen atoms in total. The summed E-state index contributed by atoms with van der Waals surface area (Å²) in [7, 11) is 0. The van der Waals surface area contributed by atoms with Gasteiger partial charge in [-0.25, -0.2) is 9.59 Å². The van der Waals surface area contributed by atoms with E-state index in [1.54, 1.807) is 6.20 Å². The highest BCUT2D eigenvalue weighted by molar-refractivity contribution is 5.90. The van der Waals surface area contributed by atoms with Crippen LogP contribution in [0.5, 0.6) is 0 Å². The van der Waals surface area contributed by atoms with Crippen molar-refractivity contribution in [1.82, 2.24) is 15.6 Å². The number of carboxylic acid groups (broad SMARTS) is 1. The second-order valence-corrected chi connectivity index (χ2v) is 10.3. The highest BCUT2D eigenvalue weighted by Crippen LogP contribution is 2.44. The summed E-state index contributed by atoms with van der Waals surface area (Å²) >= 11 is 0. The van der Waals surface area contributed by atoms with Crippen LogP contribution in [0.3, 0.4) is 0 Å². The first kappa shape index (κ1) is 27.0. The van der Waals surface area contributed by atoms with Gasteiger partial charge in [-0.05, 0) is 39.8 Å². The maximum Gasteiger partial charge on any atom is 0.407 e. The molecule has 5 rings (SSSR count). The van der Waals surface area contributed by atoms with E-state index in [0.29, 0.717) is 6.42 Å². The molecule has 1 aliphatic rings. The second kappa shape index (κ2) is 11.7. The fourth-order valence-electron chi connectivity index (χ4n) is 5.45. The molecule has 0 unspecified atom stereocenters. The first-order valence-electron chi connectivity index (χ1n) is 13.6. The Morgan fingerprint density at radius 3 is 2.20 bits per heavy atom. The first-order valence-corrected chi connectivity index (χ1v) is 13.6. The molecule has 0 saturated heterocycles. The molecule has 40 heavy (non-hydrogen) atoms. The van der Waals surface area contributed by atoms with Crippen molar-refractivity contribution in [3.8, 4) is 11.1 Å². The van der Waals surface area contributed by atoms with E-state index in [2.05, 4.69) is 27.8 Å². The topological polar surface area (TPSA) is 121 Å². The van der Waals surface area contributed by atoms with E-state index in [0.717, 1.165) is 38.7 Å². The first-order chi connectivity index (χ1) is 19.4. The molecule has 0 bridgehead atoms. The molecule has 0 aliphatic heterocycles. The zero-order valence-corrected chi connectivity index (χ0v) is 22.5. The van der Waals surface area contributed by atoms with Crippen LogP contribution in [0.2, 0.25) is 0 Å². The smallest absolute Gasteiger partial charge is 0.407 e. The molecule has 4 N–H and O–H groups in total. The van der Waals surface area contributed by atoms with E-state index >= 15 is 0 Å². The van der Waals surface area contributed by atoms with Gasteiger partial charge in [-0.2, -0.15) is 0 Å². The summed E-state index contributed by atoms with van der Waals surface area (Å²) in [5, 5.41) is 16.1. The number of alkyl carbamates (subject to hydrolysis) is 1. The number of aromatic amines is 1. The predicted molar refractivity (Wildman–Crippen MR) is 153 cm³/mol. The second-order valence-electron chi connectivity index (χ2n) is 10.3. The van der Waals surface area contributed by atoms with E-state index in [9.17, 15) is 19.5 Å². The lowest BCUT2D eigenvalue weighted by Gasteiger charge is -2.25. The summed E-state index contributed by atoms with van der Waals surface area (Å²) in [4.78, 5) is 41.5. The van der Waals surface area contributed by atoms with Gasteiger partial charge in [0.1, 0.15) is 18.7 Å². The maximum atomic E-state index is 13.3. The molecular weight excluding hydrogens is 506 g/mol. The molecule has 2 amide bonds. The SMILES string of the molecule is CC[C@H](C)[C@H](NC(=O)OCC1c2ccccc2-c2ccccc21)C(=O)N[C@@H](Cc1c[nH]c2ccccc12)C(=O)O. The van der Waals surface area contributed by atoms with Crippen LogP contribution in [0.25, 0.3) is 22.0 Å². The Balaban J connectivity index is 1.26. The molecule has 0 spiro atoms. The lowest BCUT2D eigenvalue weighted by atomic mass is 9.97. The van der Waals surface area contributed by atoms with E-state index in [1.165, 1.54) is 0 Å². The van der Waals surface area contributed by atoms with Crippen molar-refractivity contribution in [3.05, 3.63) is 95.7 Å². The monoisotopic (exact) mass is 539 g/mol. The summed E-state index contributed by atoms with van der Waals surface area (Å²) in [6.45, 7) is 3.86. The normalized spacial score (nSPS) is 14.6. The lowest BCUT2D eigenvalue weighted by Crippen LogP contribution is -2.54. The largest absolute Gasteiger partial charge is 0.480 e. The molecule has 8 heteroatoms. The number of carbonyl (C=O) groups excluding carboxylic acids is 2. The molecule has 206 valence electrons. The van der Waals surface area contributed by atoms with Gasteiger partial charge < -0.3 is 25.5 Å². The molecule has 0 saturated carbocycles. The summed E-state index contributed by atoms with van der Waals surface area (Å²) in [6, 6.07) is 21.6. The zero-order chi connectivity index (χ0) is 28.2. The Hall–Kier alpha value is -4.59. The average molecular weight is 540 g/mol. The summed E-state index contributed by atoms with van der Waals surface area (Å²) < 4.78 is 5.65. The number of aromatic nitrogens is 1. The minimum Gasteiger partial charge on any atom is -0.480 e. The Kier molecular flexibility index (Phi) is 7.86. The van der Waals surface area contributed by atoms with Crippen LogP contribution in [-0.2, 0) is 20.7 Å². The van der Waals surface area contributed by atoms with Crippen LogP contribution in [0.1, 0.15) is 42.9 Å². The van der Waals surface area contributed by atoms with Crippen LogP contribution in [0.4, 0.5) is 4.79 Å². The summed E-state index contributed by atoms with van der Waals surface area (Å²) in [5.74, 6) is -2.07. The van der Waals surface area contributed by atoms with Gasteiger partial charge in [0.2, 0.25) is 5.91 Å². The van der Waals surface area contributed by atoms with E-state index in [4.69, 9.17) is 4.74 Å². The van der Waals surface area contributed by atoms with Crippen LogP contribution in [-0.4, -0.2) is 46.8 Å². The van der Waals surface area contributed by atoms with Crippen LogP contribution in [0, 0.1) is 5.92 Å². The number of carbonyl (C=O) groups is 3. The number of amides is 2. The number of aliphatic carboxylic acids is 1. The van der Waals surface area contributed by atoms with Crippen molar-refractivity contribution < 1.29 is 24.2 Å². The Morgan fingerprint density at radius 1 is 0.925 bits per heavy atom. The van der Waals surface area contributed by atoms with Crippen LogP contribution >= 0.6 is 0 Å². The maximum absolute atomic E-state index is 13.3. The molecule has 3 aromatic carbocycles. The van der Waals surface area contributed by atoms with Crippen LogP contribution < -0.4 is 10.6 Å². The number of ether oxygens (including phenoxy) is 1. The van der Waals surface area contributed by atoms with Crippen molar-refractivity contribution in [2.45, 2.75) is 44.7 Å². The van der Waals surface area contributed by atoms with Crippen LogP contribution in [0.15, 0.2) is 79.0 Å². The van der Waals surface area contributed by atoms with Crippen molar-refractivity contribution in [2.24, 2.45) is 5.92 Å². The van der Waals surface area contributed by atoms with Gasteiger partial charge in [-0.3, -0.25) is 4.79 Å². The van der Waals surface area contributed by atoms with Gasteiger partial charge >= 0.3 is 12.1 Å². The number of nitrogens with one attached hydrogen (secondary N) is 3.